The molecule has 23 heavy (non-hydrogen) atoms. The minimum atomic E-state index is -3.44. The summed E-state index contributed by atoms with van der Waals surface area (Å²) < 4.78 is 37.6. The molecule has 2 aromatic rings. The van der Waals surface area contributed by atoms with Crippen molar-refractivity contribution in [2.24, 2.45) is 0 Å². The summed E-state index contributed by atoms with van der Waals surface area (Å²) in [5.74, 6) is -0.638. The van der Waals surface area contributed by atoms with Gasteiger partial charge in [-0.3, -0.25) is 9.52 Å². The second-order valence-corrected chi connectivity index (χ2v) is 6.57. The van der Waals surface area contributed by atoms with Crippen molar-refractivity contribution in [3.05, 3.63) is 41.8 Å². The molecule has 0 radical (unpaired) electrons. The first-order chi connectivity index (χ1) is 10.8. The Morgan fingerprint density at radius 1 is 1.35 bits per heavy atom. The molecule has 0 unspecified atom stereocenters. The summed E-state index contributed by atoms with van der Waals surface area (Å²) in [5.41, 5.74) is 0.518. The molecule has 0 saturated carbocycles. The van der Waals surface area contributed by atoms with Crippen molar-refractivity contribution in [1.82, 2.24) is 20.3 Å². The predicted molar refractivity (Wildman–Crippen MR) is 81.6 cm³/mol. The highest BCUT2D eigenvalue weighted by molar-refractivity contribution is 7.92. The van der Waals surface area contributed by atoms with Gasteiger partial charge in [0.1, 0.15) is 12.4 Å². The Morgan fingerprint density at radius 2 is 2.09 bits per heavy atom. The van der Waals surface area contributed by atoms with Gasteiger partial charge in [0.2, 0.25) is 15.9 Å². The summed E-state index contributed by atoms with van der Waals surface area (Å²) >= 11 is 0. The molecular formula is C13H16FN5O3S. The quantitative estimate of drug-likeness (QED) is 0.745. The van der Waals surface area contributed by atoms with Crippen LogP contribution in [-0.4, -0.2) is 42.1 Å². The fourth-order valence-corrected chi connectivity index (χ4v) is 2.31. The zero-order valence-electron chi connectivity index (χ0n) is 12.4. The number of hydrogen-bond donors (Lipinski definition) is 2. The molecule has 124 valence electrons. The molecule has 2 rings (SSSR count). The highest BCUT2D eigenvalue weighted by Crippen LogP contribution is 2.06. The highest BCUT2D eigenvalue weighted by atomic mass is 32.2. The molecule has 1 amide bonds. The molecule has 0 aliphatic heterocycles. The molecular weight excluding hydrogens is 325 g/mol. The normalized spacial score (nSPS) is 11.2. The summed E-state index contributed by atoms with van der Waals surface area (Å²) in [4.78, 5) is 12.8. The van der Waals surface area contributed by atoms with Gasteiger partial charge in [-0.1, -0.05) is 18.2 Å². The van der Waals surface area contributed by atoms with E-state index < -0.39 is 10.0 Å². The van der Waals surface area contributed by atoms with Gasteiger partial charge in [0.25, 0.3) is 0 Å². The molecule has 1 aromatic carbocycles. The maximum absolute atomic E-state index is 13.4. The minimum Gasteiger partial charge on any atom is -0.354 e. The molecule has 0 atom stereocenters. The van der Waals surface area contributed by atoms with E-state index in [1.54, 1.807) is 18.2 Å². The van der Waals surface area contributed by atoms with Gasteiger partial charge >= 0.3 is 0 Å². The van der Waals surface area contributed by atoms with Gasteiger partial charge in [-0.25, -0.2) is 12.8 Å². The van der Waals surface area contributed by atoms with E-state index in [0.29, 0.717) is 12.0 Å². The topological polar surface area (TPSA) is 106 Å². The monoisotopic (exact) mass is 341 g/mol. The molecule has 0 fully saturated rings. The van der Waals surface area contributed by atoms with E-state index in [0.717, 1.165) is 11.1 Å². The summed E-state index contributed by atoms with van der Waals surface area (Å²) in [7, 11) is -3.44. The van der Waals surface area contributed by atoms with Gasteiger partial charge < -0.3 is 5.32 Å². The number of benzene rings is 1. The zero-order chi connectivity index (χ0) is 16.9. The zero-order valence-corrected chi connectivity index (χ0v) is 13.2. The molecule has 0 aliphatic carbocycles. The highest BCUT2D eigenvalue weighted by Gasteiger charge is 2.09. The van der Waals surface area contributed by atoms with E-state index in [1.165, 1.54) is 12.3 Å². The number of sulfonamides is 1. The third kappa shape index (κ3) is 5.66. The smallest absolute Gasteiger partial charge is 0.243 e. The van der Waals surface area contributed by atoms with E-state index in [1.807, 2.05) is 0 Å². The minimum absolute atomic E-state index is 0.0339. The van der Waals surface area contributed by atoms with E-state index in [2.05, 4.69) is 20.2 Å². The van der Waals surface area contributed by atoms with Crippen LogP contribution in [0.4, 0.5) is 10.2 Å². The van der Waals surface area contributed by atoms with Gasteiger partial charge in [-0.2, -0.15) is 9.90 Å². The van der Waals surface area contributed by atoms with Crippen LogP contribution in [0.5, 0.6) is 0 Å². The third-order valence-electron chi connectivity index (χ3n) is 2.79. The Bertz CT molecular complexity index is 790. The van der Waals surface area contributed by atoms with Gasteiger partial charge in [0.05, 0.1) is 12.5 Å². The lowest BCUT2D eigenvalue weighted by Gasteiger charge is -2.05. The number of amides is 1. The van der Waals surface area contributed by atoms with E-state index in [9.17, 15) is 17.6 Å². The number of carbonyl (C=O) groups is 1. The lowest BCUT2D eigenvalue weighted by atomic mass is 10.1. The van der Waals surface area contributed by atoms with Crippen molar-refractivity contribution < 1.29 is 17.6 Å². The van der Waals surface area contributed by atoms with Crippen LogP contribution in [0.15, 0.2) is 30.5 Å². The number of carbonyl (C=O) groups excluding carboxylic acids is 1. The molecule has 8 nitrogen and oxygen atoms in total. The number of hydrogen-bond acceptors (Lipinski definition) is 5. The lowest BCUT2D eigenvalue weighted by Crippen LogP contribution is -2.30. The van der Waals surface area contributed by atoms with Crippen LogP contribution >= 0.6 is 0 Å². The van der Waals surface area contributed by atoms with Crippen LogP contribution in [0.3, 0.4) is 0 Å². The molecule has 0 spiro atoms. The molecule has 1 heterocycles. The lowest BCUT2D eigenvalue weighted by molar-refractivity contribution is -0.122. The number of rotatable bonds is 7. The number of nitrogens with one attached hydrogen (secondary N) is 2. The predicted octanol–water partition coefficient (Wildman–Crippen LogP) is 0.148. The van der Waals surface area contributed by atoms with Crippen LogP contribution in [0.1, 0.15) is 5.56 Å². The number of halogens is 1. The molecule has 0 bridgehead atoms. The molecule has 1 aromatic heterocycles. The third-order valence-corrected chi connectivity index (χ3v) is 3.37. The average molecular weight is 341 g/mol. The fraction of sp³-hybridized carbons (Fsp3) is 0.308. The van der Waals surface area contributed by atoms with E-state index >= 15 is 0 Å². The molecule has 0 saturated heterocycles. The van der Waals surface area contributed by atoms with Crippen molar-refractivity contribution in [2.45, 2.75) is 13.0 Å². The first kappa shape index (κ1) is 16.9. The molecule has 10 heteroatoms. The maximum atomic E-state index is 13.4. The van der Waals surface area contributed by atoms with Crippen LogP contribution in [0.2, 0.25) is 0 Å². The van der Waals surface area contributed by atoms with Crippen LogP contribution < -0.4 is 10.0 Å². The van der Waals surface area contributed by atoms with Crippen molar-refractivity contribution in [1.29, 1.82) is 0 Å². The van der Waals surface area contributed by atoms with E-state index in [-0.39, 0.29) is 30.6 Å². The van der Waals surface area contributed by atoms with Gasteiger partial charge in [0.15, 0.2) is 5.82 Å². The van der Waals surface area contributed by atoms with Gasteiger partial charge in [0, 0.05) is 6.54 Å². The first-order valence-electron chi connectivity index (χ1n) is 6.71. The Balaban J connectivity index is 1.80. The largest absolute Gasteiger partial charge is 0.354 e. The van der Waals surface area contributed by atoms with Crippen molar-refractivity contribution >= 4 is 21.7 Å². The SMILES string of the molecule is CS(=O)(=O)Nc1cnn(CC(=O)NCCc2ccccc2F)n1. The number of anilines is 1. The van der Waals surface area contributed by atoms with Crippen molar-refractivity contribution in [2.75, 3.05) is 17.5 Å². The Morgan fingerprint density at radius 3 is 2.78 bits per heavy atom. The van der Waals surface area contributed by atoms with Gasteiger partial charge in [-0.15, -0.1) is 5.10 Å². The van der Waals surface area contributed by atoms with Crippen LogP contribution in [-0.2, 0) is 27.8 Å². The summed E-state index contributed by atoms with van der Waals surface area (Å²) in [5, 5.41) is 10.2. The summed E-state index contributed by atoms with van der Waals surface area (Å²) in [6, 6.07) is 6.34. The number of aromatic nitrogens is 3. The van der Waals surface area contributed by atoms with Crippen molar-refractivity contribution in [3.63, 3.8) is 0 Å². The maximum Gasteiger partial charge on any atom is 0.243 e. The second kappa shape index (κ2) is 7.18. The number of nitrogens with zero attached hydrogens (tertiary/aromatic N) is 3. The summed E-state index contributed by atoms with van der Waals surface area (Å²) in [6.45, 7) is 0.109. The summed E-state index contributed by atoms with van der Waals surface area (Å²) in [6.07, 6.45) is 2.56. The molecule has 2 N–H and O–H groups in total. The second-order valence-electron chi connectivity index (χ2n) is 4.83. The fourth-order valence-electron chi connectivity index (χ4n) is 1.83. The van der Waals surface area contributed by atoms with Gasteiger partial charge in [-0.05, 0) is 18.1 Å². The van der Waals surface area contributed by atoms with Crippen LogP contribution in [0, 0.1) is 5.82 Å². The first-order valence-corrected chi connectivity index (χ1v) is 8.60. The Hall–Kier alpha value is -2.49. The van der Waals surface area contributed by atoms with Crippen LogP contribution in [0.25, 0.3) is 0 Å². The van der Waals surface area contributed by atoms with E-state index in [4.69, 9.17) is 0 Å². The Kier molecular flexibility index (Phi) is 5.27. The average Bonchev–Trinajstić information content (AvgIpc) is 2.85. The standard InChI is InChI=1S/C13H16FN5O3S/c1-23(21,22)18-12-8-16-19(17-12)9-13(20)15-7-6-10-4-2-3-5-11(10)14/h2-5,8H,6-7,9H2,1H3,(H,15,20)(H,17,18). The van der Waals surface area contributed by atoms with Crippen molar-refractivity contribution in [3.8, 4) is 0 Å². The Labute approximate surface area is 132 Å². The molecule has 0 aliphatic rings.